The summed E-state index contributed by atoms with van der Waals surface area (Å²) in [4.78, 5) is 31.9. The van der Waals surface area contributed by atoms with E-state index in [0.29, 0.717) is 22.3 Å². The molecule has 2 amide bonds. The lowest BCUT2D eigenvalue weighted by molar-refractivity contribution is -0.121. The second-order valence-electron chi connectivity index (χ2n) is 6.92. The molecule has 0 fully saturated rings. The second kappa shape index (κ2) is 9.08. The summed E-state index contributed by atoms with van der Waals surface area (Å²) in [6.07, 6.45) is 0. The smallest absolute Gasteiger partial charge is 0.265 e. The van der Waals surface area contributed by atoms with E-state index in [1.165, 1.54) is 4.85 Å². The molecule has 156 valence electrons. The average molecular weight is 415 g/mol. The molecule has 0 aliphatic rings. The molecular weight excluding hydrogens is 394 g/mol. The van der Waals surface area contributed by atoms with Crippen LogP contribution in [0.2, 0.25) is 0 Å². The van der Waals surface area contributed by atoms with Gasteiger partial charge in [-0.05, 0) is 42.0 Å². The van der Waals surface area contributed by atoms with Gasteiger partial charge in [-0.15, -0.1) is 5.10 Å². The maximum atomic E-state index is 12.8. The third-order valence-corrected chi connectivity index (χ3v) is 4.73. The molecule has 0 radical (unpaired) electrons. The SMILES string of the molecule is CC(NC(=O)c1ccccc1NC(=O)COn1nnc2ccccc21)c1ccccc1. The molecule has 0 spiro atoms. The van der Waals surface area contributed by atoms with Gasteiger partial charge in [-0.3, -0.25) is 9.59 Å². The third-order valence-electron chi connectivity index (χ3n) is 4.73. The summed E-state index contributed by atoms with van der Waals surface area (Å²) in [5.74, 6) is -0.702. The summed E-state index contributed by atoms with van der Waals surface area (Å²) >= 11 is 0. The lowest BCUT2D eigenvalue weighted by Crippen LogP contribution is -2.29. The van der Waals surface area contributed by atoms with Gasteiger partial charge in [-0.25, -0.2) is 0 Å². The molecule has 1 heterocycles. The Morgan fingerprint density at radius 3 is 2.52 bits per heavy atom. The fourth-order valence-electron chi connectivity index (χ4n) is 3.14. The number of benzene rings is 3. The van der Waals surface area contributed by atoms with Gasteiger partial charge in [-0.1, -0.05) is 59.4 Å². The van der Waals surface area contributed by atoms with Crippen molar-refractivity contribution in [2.45, 2.75) is 13.0 Å². The number of aromatic nitrogens is 3. The van der Waals surface area contributed by atoms with Crippen LogP contribution in [0, 0.1) is 0 Å². The number of nitrogens with one attached hydrogen (secondary N) is 2. The number of carbonyl (C=O) groups is 2. The van der Waals surface area contributed by atoms with Gasteiger partial charge >= 0.3 is 0 Å². The minimum Gasteiger partial charge on any atom is -0.385 e. The monoisotopic (exact) mass is 415 g/mol. The van der Waals surface area contributed by atoms with Crippen molar-refractivity contribution < 1.29 is 14.4 Å². The Labute approximate surface area is 178 Å². The maximum absolute atomic E-state index is 12.8. The highest BCUT2D eigenvalue weighted by Crippen LogP contribution is 2.18. The predicted octanol–water partition coefficient (Wildman–Crippen LogP) is 2.99. The number of para-hydroxylation sites is 2. The van der Waals surface area contributed by atoms with E-state index < -0.39 is 5.91 Å². The summed E-state index contributed by atoms with van der Waals surface area (Å²) in [7, 11) is 0. The minimum absolute atomic E-state index is 0.179. The van der Waals surface area contributed by atoms with Crippen LogP contribution < -0.4 is 15.5 Å². The van der Waals surface area contributed by atoms with Crippen LogP contribution in [0.25, 0.3) is 11.0 Å². The molecule has 31 heavy (non-hydrogen) atoms. The van der Waals surface area contributed by atoms with Gasteiger partial charge in [0, 0.05) is 0 Å². The molecule has 0 aliphatic carbocycles. The minimum atomic E-state index is -0.420. The summed E-state index contributed by atoms with van der Waals surface area (Å²) in [5.41, 5.74) is 3.08. The van der Waals surface area contributed by atoms with E-state index in [2.05, 4.69) is 20.9 Å². The van der Waals surface area contributed by atoms with E-state index in [-0.39, 0.29) is 18.6 Å². The van der Waals surface area contributed by atoms with E-state index in [1.807, 2.05) is 49.4 Å². The summed E-state index contributed by atoms with van der Waals surface area (Å²) in [6, 6.07) is 23.6. The van der Waals surface area contributed by atoms with Gasteiger partial charge in [-0.2, -0.15) is 0 Å². The van der Waals surface area contributed by atoms with Crippen LogP contribution in [0.1, 0.15) is 28.9 Å². The molecule has 1 aromatic heterocycles. The highest BCUT2D eigenvalue weighted by atomic mass is 16.7. The van der Waals surface area contributed by atoms with Crippen molar-refractivity contribution >= 4 is 28.5 Å². The maximum Gasteiger partial charge on any atom is 0.265 e. The Balaban J connectivity index is 1.40. The molecule has 8 heteroatoms. The van der Waals surface area contributed by atoms with E-state index in [1.54, 1.807) is 36.4 Å². The average Bonchev–Trinajstić information content (AvgIpc) is 3.22. The largest absolute Gasteiger partial charge is 0.385 e. The van der Waals surface area contributed by atoms with Gasteiger partial charge in [0.05, 0.1) is 17.3 Å². The van der Waals surface area contributed by atoms with E-state index in [4.69, 9.17) is 4.84 Å². The van der Waals surface area contributed by atoms with Gasteiger partial charge in [0.1, 0.15) is 11.0 Å². The summed E-state index contributed by atoms with van der Waals surface area (Å²) < 4.78 is 0. The van der Waals surface area contributed by atoms with Crippen molar-refractivity contribution in [2.24, 2.45) is 0 Å². The van der Waals surface area contributed by atoms with Crippen molar-refractivity contribution in [3.05, 3.63) is 90.0 Å². The van der Waals surface area contributed by atoms with E-state index >= 15 is 0 Å². The Hall–Kier alpha value is -4.20. The molecule has 0 saturated carbocycles. The molecular formula is C23H21N5O3. The lowest BCUT2D eigenvalue weighted by Gasteiger charge is -2.16. The molecule has 8 nitrogen and oxygen atoms in total. The molecule has 4 rings (SSSR count). The Morgan fingerprint density at radius 2 is 1.68 bits per heavy atom. The highest BCUT2D eigenvalue weighted by Gasteiger charge is 2.16. The topological polar surface area (TPSA) is 98.1 Å². The van der Waals surface area contributed by atoms with Crippen molar-refractivity contribution in [3.63, 3.8) is 0 Å². The Morgan fingerprint density at radius 1 is 0.968 bits per heavy atom. The summed E-state index contributed by atoms with van der Waals surface area (Å²) in [5, 5.41) is 13.5. The zero-order valence-corrected chi connectivity index (χ0v) is 16.9. The standard InChI is InChI=1S/C23H21N5O3/c1-16(17-9-3-2-4-10-17)24-23(30)18-11-5-6-12-19(18)25-22(29)15-31-28-21-14-8-7-13-20(21)26-27-28/h2-14,16H,15H2,1H3,(H,24,30)(H,25,29). The number of hydrogen-bond acceptors (Lipinski definition) is 5. The first-order valence-electron chi connectivity index (χ1n) is 9.80. The van der Waals surface area contributed by atoms with Crippen molar-refractivity contribution in [1.29, 1.82) is 0 Å². The van der Waals surface area contributed by atoms with E-state index in [9.17, 15) is 9.59 Å². The normalized spacial score (nSPS) is 11.6. The molecule has 1 atom stereocenters. The Kier molecular flexibility index (Phi) is 5.89. The van der Waals surface area contributed by atoms with Crippen LogP contribution in [0.4, 0.5) is 5.69 Å². The van der Waals surface area contributed by atoms with Crippen LogP contribution in [0.5, 0.6) is 0 Å². The molecule has 3 aromatic carbocycles. The number of amides is 2. The number of carbonyl (C=O) groups excluding carboxylic acids is 2. The van der Waals surface area contributed by atoms with Crippen LogP contribution in [0.3, 0.4) is 0 Å². The van der Waals surface area contributed by atoms with Crippen LogP contribution >= 0.6 is 0 Å². The lowest BCUT2D eigenvalue weighted by atomic mass is 10.1. The molecule has 0 bridgehead atoms. The molecule has 0 aliphatic heterocycles. The third kappa shape index (κ3) is 4.69. The quantitative estimate of drug-likeness (QED) is 0.484. The predicted molar refractivity (Wildman–Crippen MR) is 116 cm³/mol. The first kappa shape index (κ1) is 20.1. The van der Waals surface area contributed by atoms with Crippen LogP contribution in [0.15, 0.2) is 78.9 Å². The molecule has 1 unspecified atom stereocenters. The van der Waals surface area contributed by atoms with Crippen molar-refractivity contribution in [1.82, 2.24) is 20.5 Å². The van der Waals surface area contributed by atoms with Gasteiger partial charge in [0.25, 0.3) is 11.8 Å². The number of fused-ring (bicyclic) bond motifs is 1. The zero-order chi connectivity index (χ0) is 21.6. The molecule has 4 aromatic rings. The van der Waals surface area contributed by atoms with E-state index in [0.717, 1.165) is 5.56 Å². The first-order valence-corrected chi connectivity index (χ1v) is 9.80. The molecule has 0 saturated heterocycles. The number of nitrogens with zero attached hydrogens (tertiary/aromatic N) is 3. The number of rotatable bonds is 7. The Bertz CT molecular complexity index is 1210. The van der Waals surface area contributed by atoms with Crippen LogP contribution in [-0.4, -0.2) is 33.6 Å². The van der Waals surface area contributed by atoms with Gasteiger partial charge in [0.2, 0.25) is 0 Å². The zero-order valence-electron chi connectivity index (χ0n) is 16.9. The van der Waals surface area contributed by atoms with Crippen molar-refractivity contribution in [2.75, 3.05) is 11.9 Å². The fourth-order valence-corrected chi connectivity index (χ4v) is 3.14. The summed E-state index contributed by atoms with van der Waals surface area (Å²) in [6.45, 7) is 1.62. The fraction of sp³-hybridized carbons (Fsp3) is 0.130. The highest BCUT2D eigenvalue weighted by molar-refractivity contribution is 6.04. The van der Waals surface area contributed by atoms with Gasteiger partial charge < -0.3 is 15.5 Å². The number of hydrogen-bond donors (Lipinski definition) is 2. The first-order chi connectivity index (χ1) is 15.1. The second-order valence-corrected chi connectivity index (χ2v) is 6.92. The molecule has 2 N–H and O–H groups in total. The number of anilines is 1. The van der Waals surface area contributed by atoms with Crippen LogP contribution in [-0.2, 0) is 4.79 Å². The van der Waals surface area contributed by atoms with Gasteiger partial charge in [0.15, 0.2) is 6.61 Å². The van der Waals surface area contributed by atoms with Crippen molar-refractivity contribution in [3.8, 4) is 0 Å².